The second kappa shape index (κ2) is 6.15. The van der Waals surface area contributed by atoms with Gasteiger partial charge in [0.25, 0.3) is 0 Å². The molecule has 0 aliphatic rings. The molecule has 0 aromatic heterocycles. The minimum absolute atomic E-state index is 0.310. The highest BCUT2D eigenvalue weighted by molar-refractivity contribution is 7.80. The Balaban J connectivity index is 2.84. The molecule has 0 amide bonds. The van der Waals surface area contributed by atoms with Gasteiger partial charge in [-0.05, 0) is 18.6 Å². The normalized spacial score (nSPS) is 9.33. The minimum atomic E-state index is 0.310. The van der Waals surface area contributed by atoms with Crippen molar-refractivity contribution in [1.29, 1.82) is 5.26 Å². The van der Waals surface area contributed by atoms with Gasteiger partial charge in [-0.3, -0.25) is 0 Å². The number of rotatable bonds is 4. The van der Waals surface area contributed by atoms with Crippen LogP contribution in [0.2, 0.25) is 0 Å². The number of anilines is 1. The van der Waals surface area contributed by atoms with Crippen molar-refractivity contribution < 1.29 is 0 Å². The molecule has 0 fully saturated rings. The fourth-order valence-corrected chi connectivity index (χ4v) is 1.65. The Morgan fingerprint density at radius 2 is 2.07 bits per heavy atom. The van der Waals surface area contributed by atoms with Crippen molar-refractivity contribution in [1.82, 2.24) is 0 Å². The summed E-state index contributed by atoms with van der Waals surface area (Å²) < 4.78 is 0. The second-order valence-corrected chi connectivity index (χ2v) is 3.69. The molecular weight excluding hydrogens is 204 g/mol. The molecule has 0 bridgehead atoms. The second-order valence-electron chi connectivity index (χ2n) is 3.22. The molecule has 0 heterocycles. The zero-order valence-corrected chi connectivity index (χ0v) is 9.63. The van der Waals surface area contributed by atoms with E-state index in [9.17, 15) is 0 Å². The Kier molecular flexibility index (Phi) is 4.79. The van der Waals surface area contributed by atoms with Gasteiger partial charge >= 0.3 is 0 Å². The summed E-state index contributed by atoms with van der Waals surface area (Å²) in [5, 5.41) is 8.64. The van der Waals surface area contributed by atoms with E-state index in [1.807, 2.05) is 35.2 Å². The van der Waals surface area contributed by atoms with Crippen LogP contribution >= 0.6 is 12.2 Å². The summed E-state index contributed by atoms with van der Waals surface area (Å²) in [6.45, 7) is 2.97. The van der Waals surface area contributed by atoms with Gasteiger partial charge in [-0.2, -0.15) is 5.26 Å². The standard InChI is InChI=1S/C12H14N2S/c1-2-10-14(12(15)8-9-13)11-6-4-3-5-7-11/h3-7H,2,8,10H2,1H3. The van der Waals surface area contributed by atoms with Crippen molar-refractivity contribution in [3.8, 4) is 6.07 Å². The van der Waals surface area contributed by atoms with Crippen LogP contribution in [0.1, 0.15) is 19.8 Å². The third kappa shape index (κ3) is 3.34. The first-order valence-electron chi connectivity index (χ1n) is 5.02. The molecule has 0 atom stereocenters. The number of thiocarbonyl (C=S) groups is 1. The zero-order valence-electron chi connectivity index (χ0n) is 8.81. The molecule has 0 saturated carbocycles. The molecule has 78 valence electrons. The number of nitriles is 1. The summed E-state index contributed by atoms with van der Waals surface area (Å²) in [4.78, 5) is 2.73. The molecule has 0 aliphatic carbocycles. The molecule has 3 heteroatoms. The Hall–Kier alpha value is -1.40. The van der Waals surface area contributed by atoms with Crippen LogP contribution < -0.4 is 4.90 Å². The summed E-state index contributed by atoms with van der Waals surface area (Å²) in [6.07, 6.45) is 1.32. The van der Waals surface area contributed by atoms with E-state index < -0.39 is 0 Å². The molecule has 0 unspecified atom stereocenters. The van der Waals surface area contributed by atoms with Gasteiger partial charge in [0.15, 0.2) is 0 Å². The van der Waals surface area contributed by atoms with Gasteiger partial charge in [0.05, 0.1) is 17.5 Å². The van der Waals surface area contributed by atoms with E-state index in [2.05, 4.69) is 13.0 Å². The molecule has 2 nitrogen and oxygen atoms in total. The first kappa shape index (κ1) is 11.7. The van der Waals surface area contributed by atoms with Gasteiger partial charge in [-0.1, -0.05) is 37.3 Å². The van der Waals surface area contributed by atoms with Crippen LogP contribution in [0, 0.1) is 11.3 Å². The predicted octanol–water partition coefficient (Wildman–Crippen LogP) is 3.14. The van der Waals surface area contributed by atoms with E-state index in [0.717, 1.165) is 18.7 Å². The third-order valence-electron chi connectivity index (χ3n) is 2.05. The van der Waals surface area contributed by atoms with Gasteiger partial charge in [-0.15, -0.1) is 0 Å². The van der Waals surface area contributed by atoms with E-state index in [4.69, 9.17) is 17.5 Å². The van der Waals surface area contributed by atoms with Crippen LogP contribution in [-0.2, 0) is 0 Å². The number of hydrogen-bond acceptors (Lipinski definition) is 2. The van der Waals surface area contributed by atoms with Crippen LogP contribution in [-0.4, -0.2) is 11.5 Å². The smallest absolute Gasteiger partial charge is 0.0966 e. The molecular formula is C12H14N2S. The highest BCUT2D eigenvalue weighted by atomic mass is 32.1. The quantitative estimate of drug-likeness (QED) is 0.726. The minimum Gasteiger partial charge on any atom is -0.335 e. The number of nitrogens with zero attached hydrogens (tertiary/aromatic N) is 2. The summed E-state index contributed by atoms with van der Waals surface area (Å²) in [5.41, 5.74) is 1.07. The van der Waals surface area contributed by atoms with Crippen LogP contribution in [0.5, 0.6) is 0 Å². The van der Waals surface area contributed by atoms with E-state index >= 15 is 0 Å². The van der Waals surface area contributed by atoms with Crippen LogP contribution in [0.15, 0.2) is 30.3 Å². The average molecular weight is 218 g/mol. The van der Waals surface area contributed by atoms with Gasteiger partial charge < -0.3 is 4.90 Å². The van der Waals surface area contributed by atoms with Crippen molar-refractivity contribution in [2.24, 2.45) is 0 Å². The molecule has 0 radical (unpaired) electrons. The van der Waals surface area contributed by atoms with Gasteiger partial charge in [0.2, 0.25) is 0 Å². The largest absolute Gasteiger partial charge is 0.335 e. The maximum Gasteiger partial charge on any atom is 0.0966 e. The zero-order chi connectivity index (χ0) is 11.1. The third-order valence-corrected chi connectivity index (χ3v) is 2.41. The molecule has 0 spiro atoms. The lowest BCUT2D eigenvalue weighted by molar-refractivity contribution is 0.903. The molecule has 0 N–H and O–H groups in total. The average Bonchev–Trinajstić information content (AvgIpc) is 2.27. The van der Waals surface area contributed by atoms with Gasteiger partial charge in [0.1, 0.15) is 0 Å². The first-order valence-corrected chi connectivity index (χ1v) is 5.42. The Labute approximate surface area is 96.1 Å². The molecule has 0 saturated heterocycles. The van der Waals surface area contributed by atoms with Crippen molar-refractivity contribution in [2.75, 3.05) is 11.4 Å². The lowest BCUT2D eigenvalue weighted by Crippen LogP contribution is -2.29. The van der Waals surface area contributed by atoms with Crippen molar-refractivity contribution in [2.45, 2.75) is 19.8 Å². The lowest BCUT2D eigenvalue weighted by atomic mass is 10.2. The lowest BCUT2D eigenvalue weighted by Gasteiger charge is -2.23. The van der Waals surface area contributed by atoms with Crippen molar-refractivity contribution >= 4 is 22.9 Å². The van der Waals surface area contributed by atoms with Crippen molar-refractivity contribution in [3.05, 3.63) is 30.3 Å². The maximum atomic E-state index is 8.64. The fraction of sp³-hybridized carbons (Fsp3) is 0.333. The summed E-state index contributed by atoms with van der Waals surface area (Å²) in [5.74, 6) is 0. The molecule has 1 aromatic carbocycles. The Morgan fingerprint density at radius 1 is 1.40 bits per heavy atom. The monoisotopic (exact) mass is 218 g/mol. The molecule has 1 rings (SSSR count). The summed E-state index contributed by atoms with van der Waals surface area (Å²) >= 11 is 5.23. The van der Waals surface area contributed by atoms with Crippen LogP contribution in [0.4, 0.5) is 5.69 Å². The fourth-order valence-electron chi connectivity index (χ4n) is 1.39. The van der Waals surface area contributed by atoms with Gasteiger partial charge in [-0.25, -0.2) is 0 Å². The maximum absolute atomic E-state index is 8.64. The predicted molar refractivity (Wildman–Crippen MR) is 66.9 cm³/mol. The SMILES string of the molecule is CCCN(C(=S)CC#N)c1ccccc1. The number of hydrogen-bond donors (Lipinski definition) is 0. The molecule has 15 heavy (non-hydrogen) atoms. The summed E-state index contributed by atoms with van der Waals surface area (Å²) in [7, 11) is 0. The van der Waals surface area contributed by atoms with Crippen LogP contribution in [0.25, 0.3) is 0 Å². The number of para-hydroxylation sites is 1. The van der Waals surface area contributed by atoms with E-state index in [0.29, 0.717) is 11.4 Å². The number of benzene rings is 1. The Bertz CT molecular complexity index is 354. The Morgan fingerprint density at radius 3 is 2.60 bits per heavy atom. The van der Waals surface area contributed by atoms with E-state index in [1.165, 1.54) is 0 Å². The van der Waals surface area contributed by atoms with Crippen LogP contribution in [0.3, 0.4) is 0 Å². The van der Waals surface area contributed by atoms with Crippen molar-refractivity contribution in [3.63, 3.8) is 0 Å². The van der Waals surface area contributed by atoms with E-state index in [1.54, 1.807) is 0 Å². The first-order chi connectivity index (χ1) is 7.29. The highest BCUT2D eigenvalue weighted by Crippen LogP contribution is 2.15. The highest BCUT2D eigenvalue weighted by Gasteiger charge is 2.09. The molecule has 1 aromatic rings. The summed E-state index contributed by atoms with van der Waals surface area (Å²) in [6, 6.07) is 12.1. The van der Waals surface area contributed by atoms with E-state index in [-0.39, 0.29) is 0 Å². The van der Waals surface area contributed by atoms with Gasteiger partial charge in [0, 0.05) is 12.2 Å². The molecule has 0 aliphatic heterocycles. The topological polar surface area (TPSA) is 27.0 Å².